The van der Waals surface area contributed by atoms with E-state index in [-0.39, 0.29) is 35.4 Å². The van der Waals surface area contributed by atoms with E-state index in [9.17, 15) is 13.2 Å². The number of fused-ring (bicyclic) bond motifs is 2. The summed E-state index contributed by atoms with van der Waals surface area (Å²) in [4.78, 5) is 18.9. The van der Waals surface area contributed by atoms with E-state index in [2.05, 4.69) is 4.98 Å². The molecule has 0 unspecified atom stereocenters. The maximum absolute atomic E-state index is 13.7. The van der Waals surface area contributed by atoms with E-state index in [4.69, 9.17) is 4.74 Å². The Morgan fingerprint density at radius 3 is 2.68 bits per heavy atom. The molecule has 0 spiro atoms. The number of aromatic nitrogens is 1. The number of rotatable bonds is 4. The highest BCUT2D eigenvalue weighted by Gasteiger charge is 2.43. The van der Waals surface area contributed by atoms with E-state index in [0.29, 0.717) is 38.1 Å². The fraction of sp³-hybridized carbons (Fsp3) is 0.478. The first-order valence-electron chi connectivity index (χ1n) is 10.8. The van der Waals surface area contributed by atoms with Crippen molar-refractivity contribution < 1.29 is 17.9 Å². The first kappa shape index (κ1) is 21.8. The zero-order chi connectivity index (χ0) is 22.0. The molecule has 2 aliphatic rings. The number of hydrogen-bond acceptors (Lipinski definition) is 5. The van der Waals surface area contributed by atoms with Gasteiger partial charge < -0.3 is 9.64 Å². The number of carbonyl (C=O) groups is 1. The predicted octanol–water partition coefficient (Wildman–Crippen LogP) is 3.07. The van der Waals surface area contributed by atoms with Gasteiger partial charge in [0.05, 0.1) is 6.04 Å². The first-order valence-corrected chi connectivity index (χ1v) is 12.2. The predicted molar refractivity (Wildman–Crippen MR) is 117 cm³/mol. The molecule has 2 atom stereocenters. The monoisotopic (exact) mass is 443 g/mol. The van der Waals surface area contributed by atoms with Gasteiger partial charge in [0.2, 0.25) is 15.9 Å². The highest BCUT2D eigenvalue weighted by Crippen LogP contribution is 2.37. The minimum atomic E-state index is -3.78. The Morgan fingerprint density at radius 1 is 1.16 bits per heavy atom. The van der Waals surface area contributed by atoms with Gasteiger partial charge in [-0.15, -0.1) is 0 Å². The smallest absolute Gasteiger partial charge is 0.247 e. The number of hydrogen-bond donors (Lipinski definition) is 0. The lowest BCUT2D eigenvalue weighted by molar-refractivity contribution is -0.131. The fourth-order valence-electron chi connectivity index (χ4n) is 4.36. The quantitative estimate of drug-likeness (QED) is 0.726. The standard InChI is InChI=1S/C23H29N3O4S/c1-17(2)14-23(27)25-12-9-19-20(10-13-25)30-21-7-3-4-8-22(21)31(28,29)26(19)16-18-6-5-11-24-15-18/h3-8,11,15,17,19-20H,9-10,12-14,16H2,1-2H3/t19-,20-/m0/s1. The van der Waals surface area contributed by atoms with Gasteiger partial charge in [-0.1, -0.05) is 32.0 Å². The number of amides is 1. The molecule has 3 heterocycles. The molecule has 1 amide bonds. The molecule has 0 N–H and O–H groups in total. The van der Waals surface area contributed by atoms with Gasteiger partial charge in [0.1, 0.15) is 16.7 Å². The van der Waals surface area contributed by atoms with Crippen molar-refractivity contribution in [3.63, 3.8) is 0 Å². The molecule has 2 aromatic rings. The van der Waals surface area contributed by atoms with Gasteiger partial charge in [0.15, 0.2) is 0 Å². The van der Waals surface area contributed by atoms with Gasteiger partial charge in [0, 0.05) is 44.9 Å². The summed E-state index contributed by atoms with van der Waals surface area (Å²) in [6.45, 7) is 5.36. The molecule has 0 bridgehead atoms. The van der Waals surface area contributed by atoms with Crippen LogP contribution in [-0.4, -0.2) is 53.7 Å². The average molecular weight is 444 g/mol. The minimum Gasteiger partial charge on any atom is -0.487 e. The van der Waals surface area contributed by atoms with Gasteiger partial charge in [-0.3, -0.25) is 9.78 Å². The SMILES string of the molecule is CC(C)CC(=O)N1CC[C@@H]2Oc3ccccc3S(=O)(=O)N(Cc3cccnc3)[C@H]2CC1. The Hall–Kier alpha value is -2.45. The molecule has 2 aliphatic heterocycles. The molecule has 166 valence electrons. The largest absolute Gasteiger partial charge is 0.487 e. The third-order valence-corrected chi connectivity index (χ3v) is 7.80. The Morgan fingerprint density at radius 2 is 1.94 bits per heavy atom. The summed E-state index contributed by atoms with van der Waals surface area (Å²) >= 11 is 0. The average Bonchev–Trinajstić information content (AvgIpc) is 2.99. The van der Waals surface area contributed by atoms with Crippen LogP contribution in [0.15, 0.2) is 53.7 Å². The second-order valence-corrected chi connectivity index (χ2v) is 10.5. The van der Waals surface area contributed by atoms with E-state index in [1.165, 1.54) is 0 Å². The fourth-order valence-corrected chi connectivity index (χ4v) is 6.15. The number of para-hydroxylation sites is 1. The number of likely N-dealkylation sites (tertiary alicyclic amines) is 1. The van der Waals surface area contributed by atoms with E-state index < -0.39 is 10.0 Å². The van der Waals surface area contributed by atoms with Crippen LogP contribution in [-0.2, 0) is 21.4 Å². The zero-order valence-electron chi connectivity index (χ0n) is 18.0. The topological polar surface area (TPSA) is 79.8 Å². The van der Waals surface area contributed by atoms with Crippen LogP contribution in [0.3, 0.4) is 0 Å². The molecule has 1 aromatic heterocycles. The highest BCUT2D eigenvalue weighted by atomic mass is 32.2. The van der Waals surface area contributed by atoms with Crippen molar-refractivity contribution in [3.8, 4) is 5.75 Å². The van der Waals surface area contributed by atoms with E-state index in [1.54, 1.807) is 47.0 Å². The molecule has 8 heteroatoms. The molecule has 0 radical (unpaired) electrons. The zero-order valence-corrected chi connectivity index (χ0v) is 18.8. The molecule has 4 rings (SSSR count). The summed E-state index contributed by atoms with van der Waals surface area (Å²) in [5.41, 5.74) is 0.821. The summed E-state index contributed by atoms with van der Waals surface area (Å²) in [6.07, 6.45) is 4.65. The van der Waals surface area contributed by atoms with Crippen molar-refractivity contribution in [1.29, 1.82) is 0 Å². The van der Waals surface area contributed by atoms with E-state index in [0.717, 1.165) is 5.56 Å². The third kappa shape index (κ3) is 4.60. The molecule has 0 saturated carbocycles. The Kier molecular flexibility index (Phi) is 6.29. The third-order valence-electron chi connectivity index (χ3n) is 5.89. The van der Waals surface area contributed by atoms with Crippen LogP contribution in [0.4, 0.5) is 0 Å². The minimum absolute atomic E-state index is 0.119. The lowest BCUT2D eigenvalue weighted by atomic mass is 10.1. The summed E-state index contributed by atoms with van der Waals surface area (Å²) in [7, 11) is -3.78. The van der Waals surface area contributed by atoms with Crippen LogP contribution < -0.4 is 4.74 Å². The number of pyridine rings is 1. The van der Waals surface area contributed by atoms with Crippen molar-refractivity contribution in [2.75, 3.05) is 13.1 Å². The van der Waals surface area contributed by atoms with E-state index in [1.807, 2.05) is 24.8 Å². The van der Waals surface area contributed by atoms with Gasteiger partial charge in [-0.05, 0) is 36.1 Å². The molecule has 0 aliphatic carbocycles. The Labute approximate surface area is 184 Å². The van der Waals surface area contributed by atoms with Crippen LogP contribution in [0.25, 0.3) is 0 Å². The van der Waals surface area contributed by atoms with Gasteiger partial charge in [-0.2, -0.15) is 4.31 Å². The van der Waals surface area contributed by atoms with Gasteiger partial charge in [-0.25, -0.2) is 8.42 Å². The number of benzene rings is 1. The van der Waals surface area contributed by atoms with Crippen molar-refractivity contribution in [2.24, 2.45) is 5.92 Å². The molecule has 1 saturated heterocycles. The molecular formula is C23H29N3O4S. The van der Waals surface area contributed by atoms with Crippen molar-refractivity contribution >= 4 is 15.9 Å². The van der Waals surface area contributed by atoms with Crippen LogP contribution in [0, 0.1) is 5.92 Å². The van der Waals surface area contributed by atoms with Crippen LogP contribution in [0.1, 0.15) is 38.7 Å². The van der Waals surface area contributed by atoms with Gasteiger partial charge >= 0.3 is 0 Å². The normalized spacial score (nSPS) is 23.3. The molecule has 1 fully saturated rings. The summed E-state index contributed by atoms with van der Waals surface area (Å²) < 4.78 is 35.2. The maximum atomic E-state index is 13.7. The second kappa shape index (κ2) is 8.96. The van der Waals surface area contributed by atoms with Gasteiger partial charge in [0.25, 0.3) is 0 Å². The summed E-state index contributed by atoms with van der Waals surface area (Å²) in [5, 5.41) is 0. The van der Waals surface area contributed by atoms with Crippen LogP contribution in [0.2, 0.25) is 0 Å². The molecule has 7 nitrogen and oxygen atoms in total. The maximum Gasteiger partial charge on any atom is 0.247 e. The lowest BCUT2D eigenvalue weighted by Crippen LogP contribution is -2.46. The number of ether oxygens (including phenoxy) is 1. The molecular weight excluding hydrogens is 414 g/mol. The summed E-state index contributed by atoms with van der Waals surface area (Å²) in [5.74, 6) is 0.786. The van der Waals surface area contributed by atoms with Crippen LogP contribution in [0.5, 0.6) is 5.75 Å². The second-order valence-electron chi connectivity index (χ2n) is 8.64. The van der Waals surface area contributed by atoms with Crippen molar-refractivity contribution in [3.05, 3.63) is 54.4 Å². The van der Waals surface area contributed by atoms with Crippen LogP contribution >= 0.6 is 0 Å². The van der Waals surface area contributed by atoms with Crippen molar-refractivity contribution in [1.82, 2.24) is 14.2 Å². The Balaban J connectivity index is 1.70. The number of sulfonamides is 1. The summed E-state index contributed by atoms with van der Waals surface area (Å²) in [6, 6.07) is 10.1. The highest BCUT2D eigenvalue weighted by molar-refractivity contribution is 7.89. The first-order chi connectivity index (χ1) is 14.9. The van der Waals surface area contributed by atoms with E-state index >= 15 is 0 Å². The molecule has 1 aromatic carbocycles. The van der Waals surface area contributed by atoms with Crippen molar-refractivity contribution in [2.45, 2.75) is 56.7 Å². The molecule has 31 heavy (non-hydrogen) atoms. The Bertz CT molecular complexity index is 1030. The number of carbonyl (C=O) groups excluding carboxylic acids is 1. The lowest BCUT2D eigenvalue weighted by Gasteiger charge is -2.31. The number of nitrogens with zero attached hydrogens (tertiary/aromatic N) is 3.